The number of amides is 3. The SMILES string of the molecule is NC(COCCC(=O)N=O)(COCCC(=O)N=O)COCCC(=O)N=O. The lowest BCUT2D eigenvalue weighted by molar-refractivity contribution is -0.119. The van der Waals surface area contributed by atoms with Crippen LogP contribution in [0.1, 0.15) is 19.3 Å². The summed E-state index contributed by atoms with van der Waals surface area (Å²) >= 11 is 0. The van der Waals surface area contributed by atoms with Crippen molar-refractivity contribution in [2.45, 2.75) is 24.8 Å². The number of hydrogen-bond donors (Lipinski definition) is 1. The van der Waals surface area contributed by atoms with Gasteiger partial charge in [0, 0.05) is 15.5 Å². The molecule has 0 unspecified atom stereocenters. The van der Waals surface area contributed by atoms with Crippen molar-refractivity contribution in [2.24, 2.45) is 21.3 Å². The lowest BCUT2D eigenvalue weighted by atomic mass is 10.1. The second-order valence-corrected chi connectivity index (χ2v) is 5.23. The Morgan fingerprint density at radius 3 is 1.15 bits per heavy atom. The minimum atomic E-state index is -1.22. The van der Waals surface area contributed by atoms with Gasteiger partial charge in [-0.3, -0.25) is 14.4 Å². The fraction of sp³-hybridized carbons (Fsp3) is 0.769. The van der Waals surface area contributed by atoms with E-state index in [1.54, 1.807) is 0 Å². The largest absolute Gasteiger partial charge is 0.379 e. The van der Waals surface area contributed by atoms with Crippen molar-refractivity contribution in [3.63, 3.8) is 0 Å². The van der Waals surface area contributed by atoms with Crippen LogP contribution in [0.4, 0.5) is 0 Å². The molecule has 0 saturated heterocycles. The molecule has 0 aromatic carbocycles. The average Bonchev–Trinajstić information content (AvgIpc) is 2.65. The Morgan fingerprint density at radius 2 is 0.923 bits per heavy atom. The molecule has 0 aliphatic carbocycles. The molecule has 0 aromatic rings. The Labute approximate surface area is 147 Å². The highest BCUT2D eigenvalue weighted by atomic mass is 16.5. The summed E-state index contributed by atoms with van der Waals surface area (Å²) in [7, 11) is 0. The number of carbonyl (C=O) groups is 3. The molecular formula is C13H20N4O9. The van der Waals surface area contributed by atoms with Gasteiger partial charge in [0.25, 0.3) is 17.7 Å². The lowest BCUT2D eigenvalue weighted by Gasteiger charge is -2.28. The minimum absolute atomic E-state index is 0.107. The Bertz CT molecular complexity index is 443. The van der Waals surface area contributed by atoms with Crippen molar-refractivity contribution in [3.8, 4) is 0 Å². The van der Waals surface area contributed by atoms with Crippen molar-refractivity contribution >= 4 is 17.7 Å². The van der Waals surface area contributed by atoms with E-state index in [1.807, 2.05) is 0 Å². The van der Waals surface area contributed by atoms with Gasteiger partial charge in [-0.1, -0.05) is 0 Å². The van der Waals surface area contributed by atoms with E-state index in [-0.39, 0.29) is 58.9 Å². The van der Waals surface area contributed by atoms with Crippen LogP contribution in [0.25, 0.3) is 0 Å². The molecule has 0 radical (unpaired) electrons. The molecule has 0 aliphatic rings. The van der Waals surface area contributed by atoms with Crippen LogP contribution in [0.5, 0.6) is 0 Å². The number of rotatable bonds is 15. The van der Waals surface area contributed by atoms with E-state index in [0.29, 0.717) is 0 Å². The fourth-order valence-electron chi connectivity index (χ4n) is 1.57. The molecule has 0 rings (SSSR count). The van der Waals surface area contributed by atoms with E-state index in [4.69, 9.17) is 19.9 Å². The third-order valence-corrected chi connectivity index (χ3v) is 2.85. The second-order valence-electron chi connectivity index (χ2n) is 5.23. The first-order valence-corrected chi connectivity index (χ1v) is 7.47. The van der Waals surface area contributed by atoms with E-state index < -0.39 is 23.3 Å². The van der Waals surface area contributed by atoms with E-state index in [1.165, 1.54) is 0 Å². The Balaban J connectivity index is 4.38. The maximum atomic E-state index is 10.8. The quantitative estimate of drug-likeness (QED) is 0.295. The molecule has 13 heteroatoms. The van der Waals surface area contributed by atoms with E-state index in [0.717, 1.165) is 0 Å². The van der Waals surface area contributed by atoms with Crippen molar-refractivity contribution in [1.29, 1.82) is 0 Å². The van der Waals surface area contributed by atoms with Gasteiger partial charge in [-0.15, -0.1) is 14.7 Å². The van der Waals surface area contributed by atoms with Gasteiger partial charge in [0.2, 0.25) is 0 Å². The summed E-state index contributed by atoms with van der Waals surface area (Å²) in [6.07, 6.45) is -0.666. The van der Waals surface area contributed by atoms with Crippen molar-refractivity contribution in [1.82, 2.24) is 0 Å². The van der Waals surface area contributed by atoms with E-state index in [9.17, 15) is 29.1 Å². The summed E-state index contributed by atoms with van der Waals surface area (Å²) in [5, 5.41) is 6.63. The summed E-state index contributed by atoms with van der Waals surface area (Å²) in [4.78, 5) is 62.2. The number of nitroso groups, excluding NO2 is 3. The lowest BCUT2D eigenvalue weighted by Crippen LogP contribution is -2.53. The Kier molecular flexibility index (Phi) is 12.6. The van der Waals surface area contributed by atoms with Gasteiger partial charge < -0.3 is 19.9 Å². The molecule has 3 amide bonds. The summed E-state index contributed by atoms with van der Waals surface area (Å²) in [5.74, 6) is -2.63. The predicted octanol–water partition coefficient (Wildman–Crippen LogP) is -0.217. The Morgan fingerprint density at radius 1 is 0.654 bits per heavy atom. The van der Waals surface area contributed by atoms with Crippen LogP contribution < -0.4 is 5.73 Å². The predicted molar refractivity (Wildman–Crippen MR) is 85.6 cm³/mol. The highest BCUT2D eigenvalue weighted by molar-refractivity contribution is 5.77. The highest BCUT2D eigenvalue weighted by Crippen LogP contribution is 2.06. The van der Waals surface area contributed by atoms with Crippen LogP contribution in [0.15, 0.2) is 15.5 Å². The molecule has 0 saturated carbocycles. The zero-order valence-electron chi connectivity index (χ0n) is 14.0. The number of carbonyl (C=O) groups excluding carboxylic acids is 3. The standard InChI is InChI=1S/C13H20N4O9/c14-13(7-24-4-1-10(18)15-21,8-25-5-2-11(19)16-22)9-26-6-3-12(20)17-23/h1-9,14H2. The fourth-order valence-corrected chi connectivity index (χ4v) is 1.57. The molecule has 0 heterocycles. The van der Waals surface area contributed by atoms with Gasteiger partial charge in [0.1, 0.15) is 0 Å². The van der Waals surface area contributed by atoms with Gasteiger partial charge >= 0.3 is 0 Å². The van der Waals surface area contributed by atoms with Crippen molar-refractivity contribution in [2.75, 3.05) is 39.6 Å². The molecule has 26 heavy (non-hydrogen) atoms. The molecule has 2 N–H and O–H groups in total. The summed E-state index contributed by atoms with van der Waals surface area (Å²) in [6.45, 7) is -0.740. The normalized spacial score (nSPS) is 11.0. The minimum Gasteiger partial charge on any atom is -0.379 e. The number of nitrogens with two attached hydrogens (primary N) is 1. The van der Waals surface area contributed by atoms with E-state index in [2.05, 4.69) is 15.5 Å². The van der Waals surface area contributed by atoms with Crippen LogP contribution in [0, 0.1) is 14.7 Å². The van der Waals surface area contributed by atoms with E-state index >= 15 is 0 Å². The third kappa shape index (κ3) is 12.1. The van der Waals surface area contributed by atoms with Gasteiger partial charge in [0.15, 0.2) is 0 Å². The topological polar surface area (TPSA) is 193 Å². The second kappa shape index (κ2) is 13.9. The molecule has 0 aliphatic heterocycles. The van der Waals surface area contributed by atoms with Crippen molar-refractivity contribution < 1.29 is 28.6 Å². The summed E-state index contributed by atoms with van der Waals surface area (Å²) in [6, 6.07) is 0. The molecule has 0 atom stereocenters. The monoisotopic (exact) mass is 376 g/mol. The molecule has 13 nitrogen and oxygen atoms in total. The van der Waals surface area contributed by atoms with Crippen LogP contribution in [-0.2, 0) is 28.6 Å². The molecule has 0 aromatic heterocycles. The van der Waals surface area contributed by atoms with Gasteiger partial charge in [-0.2, -0.15) is 0 Å². The smallest absolute Gasteiger partial charge is 0.288 e. The van der Waals surface area contributed by atoms with Crippen LogP contribution in [0.3, 0.4) is 0 Å². The first kappa shape index (κ1) is 23.6. The maximum absolute atomic E-state index is 10.8. The molecule has 146 valence electrons. The van der Waals surface area contributed by atoms with Crippen LogP contribution in [-0.4, -0.2) is 62.9 Å². The zero-order chi connectivity index (χ0) is 19.8. The average molecular weight is 376 g/mol. The van der Waals surface area contributed by atoms with Crippen molar-refractivity contribution in [3.05, 3.63) is 14.7 Å². The molecular weight excluding hydrogens is 356 g/mol. The van der Waals surface area contributed by atoms with Crippen LogP contribution in [0.2, 0.25) is 0 Å². The molecule has 0 fully saturated rings. The van der Waals surface area contributed by atoms with Gasteiger partial charge in [-0.25, -0.2) is 0 Å². The number of nitrogens with zero attached hydrogens (tertiary/aromatic N) is 3. The van der Waals surface area contributed by atoms with Gasteiger partial charge in [-0.05, 0) is 0 Å². The Hall–Kier alpha value is -2.35. The highest BCUT2D eigenvalue weighted by Gasteiger charge is 2.27. The summed E-state index contributed by atoms with van der Waals surface area (Å²) < 4.78 is 15.6. The first-order valence-electron chi connectivity index (χ1n) is 7.47. The van der Waals surface area contributed by atoms with Crippen LogP contribution >= 0.6 is 0 Å². The summed E-state index contributed by atoms with van der Waals surface area (Å²) in [5.41, 5.74) is 4.85. The maximum Gasteiger partial charge on any atom is 0.288 e. The number of ether oxygens (including phenoxy) is 3. The zero-order valence-corrected chi connectivity index (χ0v) is 14.0. The van der Waals surface area contributed by atoms with Gasteiger partial charge in [0.05, 0.1) is 64.4 Å². The molecule has 0 bridgehead atoms. The molecule has 0 spiro atoms. The third-order valence-electron chi connectivity index (χ3n) is 2.85. The first-order chi connectivity index (χ1) is 12.4. The number of hydrogen-bond acceptors (Lipinski definition) is 10.